The van der Waals surface area contributed by atoms with Crippen molar-refractivity contribution in [3.63, 3.8) is 0 Å². The molecule has 1 heterocycles. The molecule has 94 valence electrons. The van der Waals surface area contributed by atoms with Gasteiger partial charge in [-0.2, -0.15) is 8.78 Å². The minimum atomic E-state index is -2.97. The topological polar surface area (TPSA) is 51.2 Å². The van der Waals surface area contributed by atoms with Gasteiger partial charge < -0.3 is 4.74 Å². The fraction of sp³-hybridized carbons (Fsp3) is 0.0909. The molecule has 4 nitrogen and oxygen atoms in total. The molecule has 1 N–H and O–H groups in total. The molecule has 0 unspecified atom stereocenters. The van der Waals surface area contributed by atoms with E-state index in [1.165, 1.54) is 35.7 Å². The van der Waals surface area contributed by atoms with Crippen LogP contribution >= 0.6 is 11.3 Å². The van der Waals surface area contributed by atoms with Crippen LogP contribution in [0.3, 0.4) is 0 Å². The van der Waals surface area contributed by atoms with Crippen molar-refractivity contribution in [2.24, 2.45) is 0 Å². The summed E-state index contributed by atoms with van der Waals surface area (Å²) < 4.78 is 28.6. The standard InChI is InChI=1S/C11H8F2N2O2S/c12-10(13)17-8-4-2-1-3-7(8)9(16)15-11-14-5-6-18-11/h1-6,10H,(H,14,15,16). The molecule has 7 heteroatoms. The highest BCUT2D eigenvalue weighted by Gasteiger charge is 2.15. The number of nitrogens with zero attached hydrogens (tertiary/aromatic N) is 1. The lowest BCUT2D eigenvalue weighted by Crippen LogP contribution is -2.14. The van der Waals surface area contributed by atoms with Crippen molar-refractivity contribution in [2.45, 2.75) is 6.61 Å². The van der Waals surface area contributed by atoms with Crippen molar-refractivity contribution in [3.8, 4) is 5.75 Å². The summed E-state index contributed by atoms with van der Waals surface area (Å²) in [5, 5.41) is 4.58. The molecular formula is C11H8F2N2O2S. The molecule has 1 aromatic heterocycles. The number of amides is 1. The van der Waals surface area contributed by atoms with E-state index >= 15 is 0 Å². The summed E-state index contributed by atoms with van der Waals surface area (Å²) in [6, 6.07) is 5.79. The highest BCUT2D eigenvalue weighted by atomic mass is 32.1. The van der Waals surface area contributed by atoms with Crippen LogP contribution in [-0.4, -0.2) is 17.5 Å². The van der Waals surface area contributed by atoms with E-state index in [0.717, 1.165) is 0 Å². The Labute approximate surface area is 105 Å². The number of hydrogen-bond donors (Lipinski definition) is 1. The van der Waals surface area contributed by atoms with Crippen LogP contribution in [0.4, 0.5) is 13.9 Å². The number of thiazole rings is 1. The van der Waals surface area contributed by atoms with Crippen LogP contribution in [0, 0.1) is 0 Å². The predicted octanol–water partition coefficient (Wildman–Crippen LogP) is 3.00. The summed E-state index contributed by atoms with van der Waals surface area (Å²) in [5.74, 6) is -0.706. The van der Waals surface area contributed by atoms with Crippen LogP contribution in [0.1, 0.15) is 10.4 Å². The maximum absolute atomic E-state index is 12.2. The lowest BCUT2D eigenvalue weighted by molar-refractivity contribution is -0.0501. The van der Waals surface area contributed by atoms with Gasteiger partial charge in [0.25, 0.3) is 5.91 Å². The molecular weight excluding hydrogens is 262 g/mol. The number of halogens is 2. The van der Waals surface area contributed by atoms with Crippen molar-refractivity contribution in [3.05, 3.63) is 41.4 Å². The first-order valence-corrected chi connectivity index (χ1v) is 5.79. The minimum Gasteiger partial charge on any atom is -0.434 e. The van der Waals surface area contributed by atoms with Crippen molar-refractivity contribution < 1.29 is 18.3 Å². The summed E-state index contributed by atoms with van der Waals surface area (Å²) in [4.78, 5) is 15.7. The van der Waals surface area contributed by atoms with Crippen LogP contribution in [0.5, 0.6) is 5.75 Å². The maximum Gasteiger partial charge on any atom is 0.387 e. The van der Waals surface area contributed by atoms with E-state index in [1.54, 1.807) is 11.4 Å². The third kappa shape index (κ3) is 3.01. The zero-order chi connectivity index (χ0) is 13.0. The number of carbonyl (C=O) groups excluding carboxylic acids is 1. The van der Waals surface area contributed by atoms with Gasteiger partial charge in [-0.1, -0.05) is 12.1 Å². The van der Waals surface area contributed by atoms with Crippen LogP contribution in [0.25, 0.3) is 0 Å². The van der Waals surface area contributed by atoms with Crippen LogP contribution in [-0.2, 0) is 0 Å². The van der Waals surface area contributed by atoms with Gasteiger partial charge in [0.2, 0.25) is 0 Å². The van der Waals surface area contributed by atoms with Gasteiger partial charge in [0.15, 0.2) is 5.13 Å². The number of aromatic nitrogens is 1. The van der Waals surface area contributed by atoms with Gasteiger partial charge in [-0.25, -0.2) is 4.98 Å². The Morgan fingerprint density at radius 1 is 1.39 bits per heavy atom. The van der Waals surface area contributed by atoms with Gasteiger partial charge in [-0.15, -0.1) is 11.3 Å². The molecule has 0 aliphatic carbocycles. The molecule has 0 radical (unpaired) electrons. The summed E-state index contributed by atoms with van der Waals surface area (Å²) in [6.07, 6.45) is 1.53. The molecule has 0 atom stereocenters. The predicted molar refractivity (Wildman–Crippen MR) is 63.1 cm³/mol. The highest BCUT2D eigenvalue weighted by molar-refractivity contribution is 7.13. The highest BCUT2D eigenvalue weighted by Crippen LogP contribution is 2.22. The van der Waals surface area contributed by atoms with Crippen LogP contribution in [0.15, 0.2) is 35.8 Å². The number of ether oxygens (including phenoxy) is 1. The minimum absolute atomic E-state index is 0.0352. The van der Waals surface area contributed by atoms with E-state index in [-0.39, 0.29) is 11.3 Å². The summed E-state index contributed by atoms with van der Waals surface area (Å²) in [7, 11) is 0. The molecule has 1 aromatic carbocycles. The Bertz CT molecular complexity index is 532. The number of hydrogen-bond acceptors (Lipinski definition) is 4. The van der Waals surface area contributed by atoms with Crippen LogP contribution < -0.4 is 10.1 Å². The average Bonchev–Trinajstić information content (AvgIpc) is 2.81. The largest absolute Gasteiger partial charge is 0.434 e. The Kier molecular flexibility index (Phi) is 3.83. The molecule has 2 aromatic rings. The van der Waals surface area contributed by atoms with Crippen molar-refractivity contribution in [1.29, 1.82) is 0 Å². The van der Waals surface area contributed by atoms with E-state index in [2.05, 4.69) is 15.0 Å². The van der Waals surface area contributed by atoms with Gasteiger partial charge in [0.05, 0.1) is 5.56 Å². The summed E-state index contributed by atoms with van der Waals surface area (Å²) in [5.41, 5.74) is 0.0352. The Morgan fingerprint density at radius 2 is 2.17 bits per heavy atom. The second kappa shape index (κ2) is 5.54. The number of nitrogens with one attached hydrogen (secondary N) is 1. The van der Waals surface area contributed by atoms with E-state index in [1.807, 2.05) is 0 Å². The van der Waals surface area contributed by atoms with Crippen molar-refractivity contribution >= 4 is 22.4 Å². The Morgan fingerprint density at radius 3 is 2.83 bits per heavy atom. The van der Waals surface area contributed by atoms with E-state index in [4.69, 9.17) is 0 Å². The Hall–Kier alpha value is -2.02. The van der Waals surface area contributed by atoms with E-state index in [9.17, 15) is 13.6 Å². The third-order valence-electron chi connectivity index (χ3n) is 2.00. The molecule has 0 bridgehead atoms. The van der Waals surface area contributed by atoms with E-state index in [0.29, 0.717) is 5.13 Å². The Balaban J connectivity index is 2.19. The van der Waals surface area contributed by atoms with Crippen LogP contribution in [0.2, 0.25) is 0 Å². The lowest BCUT2D eigenvalue weighted by Gasteiger charge is -2.09. The second-order valence-corrected chi connectivity index (χ2v) is 4.06. The molecule has 0 fully saturated rings. The summed E-state index contributed by atoms with van der Waals surface area (Å²) >= 11 is 1.23. The number of carbonyl (C=O) groups is 1. The van der Waals surface area contributed by atoms with Gasteiger partial charge >= 0.3 is 6.61 Å². The molecule has 0 spiro atoms. The van der Waals surface area contributed by atoms with Gasteiger partial charge in [-0.3, -0.25) is 10.1 Å². The number of para-hydroxylation sites is 1. The second-order valence-electron chi connectivity index (χ2n) is 3.17. The van der Waals surface area contributed by atoms with Gasteiger partial charge in [-0.05, 0) is 12.1 Å². The van der Waals surface area contributed by atoms with E-state index < -0.39 is 12.5 Å². The first kappa shape index (κ1) is 12.4. The smallest absolute Gasteiger partial charge is 0.387 e. The summed E-state index contributed by atoms with van der Waals surface area (Å²) in [6.45, 7) is -2.97. The number of benzene rings is 1. The monoisotopic (exact) mass is 270 g/mol. The van der Waals surface area contributed by atoms with Crippen molar-refractivity contribution in [2.75, 3.05) is 5.32 Å². The zero-order valence-electron chi connectivity index (χ0n) is 8.97. The first-order valence-electron chi connectivity index (χ1n) is 4.91. The molecule has 2 rings (SSSR count). The molecule has 0 aliphatic rings. The fourth-order valence-corrected chi connectivity index (χ4v) is 1.83. The number of alkyl halides is 2. The molecule has 1 amide bonds. The third-order valence-corrected chi connectivity index (χ3v) is 2.69. The molecule has 0 saturated heterocycles. The quantitative estimate of drug-likeness (QED) is 0.929. The first-order chi connectivity index (χ1) is 8.66. The SMILES string of the molecule is O=C(Nc1nccs1)c1ccccc1OC(F)F. The zero-order valence-corrected chi connectivity index (χ0v) is 9.79. The number of rotatable bonds is 4. The fourth-order valence-electron chi connectivity index (χ4n) is 1.30. The maximum atomic E-state index is 12.2. The average molecular weight is 270 g/mol. The number of anilines is 1. The normalized spacial score (nSPS) is 10.4. The molecule has 0 saturated carbocycles. The molecule has 0 aliphatic heterocycles. The molecule has 18 heavy (non-hydrogen) atoms. The van der Waals surface area contributed by atoms with Gasteiger partial charge in [0, 0.05) is 11.6 Å². The van der Waals surface area contributed by atoms with Gasteiger partial charge in [0.1, 0.15) is 5.75 Å². The lowest BCUT2D eigenvalue weighted by atomic mass is 10.2. The van der Waals surface area contributed by atoms with Crippen molar-refractivity contribution in [1.82, 2.24) is 4.98 Å².